The van der Waals surface area contributed by atoms with Crippen molar-refractivity contribution in [2.24, 2.45) is 0 Å². The zero-order chi connectivity index (χ0) is 11.1. The van der Waals surface area contributed by atoms with E-state index in [-0.39, 0.29) is 5.41 Å². The van der Waals surface area contributed by atoms with Crippen molar-refractivity contribution in [3.05, 3.63) is 10.6 Å². The van der Waals surface area contributed by atoms with Crippen LogP contribution in [0.4, 0.5) is 5.13 Å². The van der Waals surface area contributed by atoms with E-state index in [1.54, 1.807) is 11.3 Å². The molecule has 4 heteroatoms. The number of anilines is 1. The summed E-state index contributed by atoms with van der Waals surface area (Å²) in [7, 11) is 0. The molecule has 84 valence electrons. The monoisotopic (exact) mass is 225 g/mol. The van der Waals surface area contributed by atoms with Crippen molar-refractivity contribution in [1.29, 1.82) is 0 Å². The number of rotatable bonds is 3. The molecular weight excluding hydrogens is 206 g/mol. The quantitative estimate of drug-likeness (QED) is 0.829. The Balaban J connectivity index is 2.13. The number of nitrogens with one attached hydrogen (secondary N) is 1. The highest BCUT2D eigenvalue weighted by molar-refractivity contribution is 7.15. The molecule has 3 nitrogen and oxygen atoms in total. The minimum absolute atomic E-state index is 0.0919. The molecule has 15 heavy (non-hydrogen) atoms. The van der Waals surface area contributed by atoms with Crippen molar-refractivity contribution in [3.8, 4) is 0 Å². The lowest BCUT2D eigenvalue weighted by atomic mass is 9.91. The largest absolute Gasteiger partial charge is 0.375 e. The highest BCUT2D eigenvalue weighted by Gasteiger charge is 2.25. The summed E-state index contributed by atoms with van der Waals surface area (Å²) in [5.41, 5.74) is 7.02. The topological polar surface area (TPSA) is 50.9 Å². The molecule has 0 bridgehead atoms. The Labute approximate surface area is 95.1 Å². The molecule has 0 aliphatic heterocycles. The molecular formula is C11H19N3S. The summed E-state index contributed by atoms with van der Waals surface area (Å²) < 4.78 is 0. The molecule has 0 spiro atoms. The molecule has 0 saturated heterocycles. The number of hydrogen-bond acceptors (Lipinski definition) is 4. The van der Waals surface area contributed by atoms with E-state index in [1.807, 2.05) is 0 Å². The van der Waals surface area contributed by atoms with E-state index in [9.17, 15) is 0 Å². The zero-order valence-electron chi connectivity index (χ0n) is 9.63. The average molecular weight is 225 g/mol. The van der Waals surface area contributed by atoms with Crippen LogP contribution >= 0.6 is 11.3 Å². The third-order valence-corrected chi connectivity index (χ3v) is 3.44. The number of thiazole rings is 1. The first-order chi connectivity index (χ1) is 6.97. The normalized spacial score (nSPS) is 17.0. The number of nitrogens with zero attached hydrogens (tertiary/aromatic N) is 1. The van der Waals surface area contributed by atoms with Gasteiger partial charge in [0.15, 0.2) is 5.13 Å². The number of nitrogens with two attached hydrogens (primary N) is 1. The van der Waals surface area contributed by atoms with E-state index in [1.165, 1.54) is 17.7 Å². The highest BCUT2D eigenvalue weighted by Crippen LogP contribution is 2.31. The molecule has 0 unspecified atom stereocenters. The van der Waals surface area contributed by atoms with Gasteiger partial charge in [-0.2, -0.15) is 0 Å². The molecule has 2 rings (SSSR count). The molecule has 1 saturated carbocycles. The minimum atomic E-state index is 0.0919. The summed E-state index contributed by atoms with van der Waals surface area (Å²) in [5.74, 6) is 0. The summed E-state index contributed by atoms with van der Waals surface area (Å²) in [6, 6.07) is 0.737. The summed E-state index contributed by atoms with van der Waals surface area (Å²) in [6.45, 7) is 7.47. The van der Waals surface area contributed by atoms with Crippen molar-refractivity contribution in [2.45, 2.75) is 51.6 Å². The van der Waals surface area contributed by atoms with Gasteiger partial charge >= 0.3 is 0 Å². The standard InChI is InChI=1S/C11H19N3S/c1-11(2,3)9-8(15-10(12)14-9)6-13-7-4-5-7/h7,13H,4-6H2,1-3H3,(H2,12,14). The van der Waals surface area contributed by atoms with E-state index in [2.05, 4.69) is 31.1 Å². The third kappa shape index (κ3) is 2.69. The lowest BCUT2D eigenvalue weighted by Crippen LogP contribution is -2.19. The van der Waals surface area contributed by atoms with Crippen LogP contribution in [0.1, 0.15) is 44.2 Å². The fourth-order valence-electron chi connectivity index (χ4n) is 1.60. The van der Waals surface area contributed by atoms with Gasteiger partial charge in [-0.3, -0.25) is 0 Å². The predicted molar refractivity (Wildman–Crippen MR) is 65.1 cm³/mol. The van der Waals surface area contributed by atoms with Gasteiger partial charge in [0.1, 0.15) is 0 Å². The van der Waals surface area contributed by atoms with Crippen molar-refractivity contribution in [1.82, 2.24) is 10.3 Å². The smallest absolute Gasteiger partial charge is 0.180 e. The van der Waals surface area contributed by atoms with Crippen LogP contribution in [-0.2, 0) is 12.0 Å². The summed E-state index contributed by atoms with van der Waals surface area (Å²) in [5, 5.41) is 4.20. The molecule has 1 aliphatic carbocycles. The summed E-state index contributed by atoms with van der Waals surface area (Å²) in [6.07, 6.45) is 2.64. The average Bonchev–Trinajstić information content (AvgIpc) is 2.85. The lowest BCUT2D eigenvalue weighted by Gasteiger charge is -2.17. The number of nitrogen functional groups attached to an aromatic ring is 1. The number of hydrogen-bond donors (Lipinski definition) is 2. The second-order valence-corrected chi connectivity index (χ2v) is 6.34. The third-order valence-electron chi connectivity index (χ3n) is 2.55. The molecule has 0 atom stereocenters. The molecule has 0 radical (unpaired) electrons. The van der Waals surface area contributed by atoms with E-state index in [0.29, 0.717) is 5.13 Å². The van der Waals surface area contributed by atoms with Crippen LogP contribution in [0.25, 0.3) is 0 Å². The van der Waals surface area contributed by atoms with Gasteiger partial charge < -0.3 is 11.1 Å². The second kappa shape index (κ2) is 3.76. The van der Waals surface area contributed by atoms with Crippen LogP contribution in [-0.4, -0.2) is 11.0 Å². The maximum Gasteiger partial charge on any atom is 0.180 e. The first-order valence-electron chi connectivity index (χ1n) is 5.46. The van der Waals surface area contributed by atoms with Crippen LogP contribution in [0.15, 0.2) is 0 Å². The van der Waals surface area contributed by atoms with Gasteiger partial charge in [-0.05, 0) is 12.8 Å². The Kier molecular flexibility index (Phi) is 2.73. The molecule has 1 heterocycles. The Morgan fingerprint density at radius 2 is 2.13 bits per heavy atom. The van der Waals surface area contributed by atoms with Gasteiger partial charge in [-0.25, -0.2) is 4.98 Å². The van der Waals surface area contributed by atoms with Crippen LogP contribution in [0.2, 0.25) is 0 Å². The molecule has 0 aromatic carbocycles. The maximum absolute atomic E-state index is 5.78. The Morgan fingerprint density at radius 3 is 2.67 bits per heavy atom. The van der Waals surface area contributed by atoms with Crippen molar-refractivity contribution >= 4 is 16.5 Å². The van der Waals surface area contributed by atoms with Crippen molar-refractivity contribution < 1.29 is 0 Å². The van der Waals surface area contributed by atoms with Gasteiger partial charge in [-0.1, -0.05) is 20.8 Å². The van der Waals surface area contributed by atoms with Crippen LogP contribution in [0, 0.1) is 0 Å². The lowest BCUT2D eigenvalue weighted by molar-refractivity contribution is 0.559. The van der Waals surface area contributed by atoms with Gasteiger partial charge in [0, 0.05) is 22.9 Å². The van der Waals surface area contributed by atoms with E-state index >= 15 is 0 Å². The van der Waals surface area contributed by atoms with Crippen LogP contribution < -0.4 is 11.1 Å². The fourth-order valence-corrected chi connectivity index (χ4v) is 2.59. The Bertz CT molecular complexity index is 347. The molecule has 0 amide bonds. The van der Waals surface area contributed by atoms with Gasteiger partial charge in [0.2, 0.25) is 0 Å². The van der Waals surface area contributed by atoms with Crippen molar-refractivity contribution in [3.63, 3.8) is 0 Å². The molecule has 1 aromatic heterocycles. The second-order valence-electron chi connectivity index (χ2n) is 5.23. The fraction of sp³-hybridized carbons (Fsp3) is 0.727. The first-order valence-corrected chi connectivity index (χ1v) is 6.27. The van der Waals surface area contributed by atoms with Gasteiger partial charge in [0.05, 0.1) is 5.69 Å². The van der Waals surface area contributed by atoms with Crippen molar-refractivity contribution in [2.75, 3.05) is 5.73 Å². The molecule has 1 aliphatic rings. The Morgan fingerprint density at radius 1 is 1.47 bits per heavy atom. The van der Waals surface area contributed by atoms with E-state index < -0.39 is 0 Å². The summed E-state index contributed by atoms with van der Waals surface area (Å²) >= 11 is 1.62. The first kappa shape index (κ1) is 10.9. The molecule has 1 aromatic rings. The minimum Gasteiger partial charge on any atom is -0.375 e. The van der Waals surface area contributed by atoms with E-state index in [4.69, 9.17) is 5.73 Å². The molecule has 1 fully saturated rings. The zero-order valence-corrected chi connectivity index (χ0v) is 10.4. The SMILES string of the molecule is CC(C)(C)c1nc(N)sc1CNC1CC1. The highest BCUT2D eigenvalue weighted by atomic mass is 32.1. The summed E-state index contributed by atoms with van der Waals surface area (Å²) in [4.78, 5) is 5.73. The van der Waals surface area contributed by atoms with Gasteiger partial charge in [-0.15, -0.1) is 11.3 Å². The van der Waals surface area contributed by atoms with Crippen LogP contribution in [0.3, 0.4) is 0 Å². The molecule has 3 N–H and O–H groups in total. The van der Waals surface area contributed by atoms with Crippen LogP contribution in [0.5, 0.6) is 0 Å². The maximum atomic E-state index is 5.78. The predicted octanol–water partition coefficient (Wildman–Crippen LogP) is 2.27. The van der Waals surface area contributed by atoms with E-state index in [0.717, 1.165) is 18.3 Å². The Hall–Kier alpha value is -0.610. The number of aromatic nitrogens is 1. The van der Waals surface area contributed by atoms with Gasteiger partial charge in [0.25, 0.3) is 0 Å².